The highest BCUT2D eigenvalue weighted by Gasteiger charge is 2.13. The molecule has 4 aromatic rings. The van der Waals surface area contributed by atoms with Crippen molar-refractivity contribution in [1.29, 1.82) is 0 Å². The second-order valence-electron chi connectivity index (χ2n) is 7.39. The van der Waals surface area contributed by atoms with E-state index in [-0.39, 0.29) is 19.1 Å². The predicted molar refractivity (Wildman–Crippen MR) is 113 cm³/mol. The van der Waals surface area contributed by atoms with E-state index in [1.807, 2.05) is 7.05 Å². The van der Waals surface area contributed by atoms with Crippen LogP contribution in [-0.2, 0) is 6.54 Å². The van der Waals surface area contributed by atoms with Crippen LogP contribution in [0.15, 0.2) is 66.7 Å². The minimum atomic E-state index is -0.109. The van der Waals surface area contributed by atoms with Crippen molar-refractivity contribution >= 4 is 32.3 Å². The van der Waals surface area contributed by atoms with Crippen molar-refractivity contribution in [1.82, 2.24) is 4.90 Å². The molecule has 0 aliphatic rings. The Labute approximate surface area is 159 Å². The number of hydrogen-bond donors (Lipinski definition) is 2. The average molecular weight is 359 g/mol. The summed E-state index contributed by atoms with van der Waals surface area (Å²) in [5.41, 5.74) is 1.27. The van der Waals surface area contributed by atoms with Crippen LogP contribution in [0, 0.1) is 5.92 Å². The molecule has 0 spiro atoms. The summed E-state index contributed by atoms with van der Waals surface area (Å²) >= 11 is 0. The minimum Gasteiger partial charge on any atom is -0.396 e. The molecule has 0 heterocycles. The van der Waals surface area contributed by atoms with Crippen LogP contribution in [0.1, 0.15) is 5.56 Å². The van der Waals surface area contributed by atoms with E-state index in [0.29, 0.717) is 6.54 Å². The summed E-state index contributed by atoms with van der Waals surface area (Å²) in [4.78, 5) is 2.18. The number of hydrogen-bond acceptors (Lipinski definition) is 3. The van der Waals surface area contributed by atoms with Gasteiger partial charge in [0.15, 0.2) is 0 Å². The van der Waals surface area contributed by atoms with Gasteiger partial charge >= 0.3 is 0 Å². The summed E-state index contributed by atoms with van der Waals surface area (Å²) in [6.45, 7) is 1.44. The standard InChI is InChI=1S/C24H25NO2/c1-25(13-17(15-26)16-27)14-19-12-24-20-7-3-2-6-18(20)10-11-23(24)22-9-5-4-8-21(19)22/h2-12,17,26-27H,13-16H2,1H3. The van der Waals surface area contributed by atoms with E-state index in [4.69, 9.17) is 0 Å². The Bertz CT molecular complexity index is 1090. The number of rotatable bonds is 6. The van der Waals surface area contributed by atoms with Crippen LogP contribution in [0.4, 0.5) is 0 Å². The summed E-state index contributed by atoms with van der Waals surface area (Å²) in [5.74, 6) is -0.109. The van der Waals surface area contributed by atoms with Gasteiger partial charge < -0.3 is 15.1 Å². The molecular weight excluding hydrogens is 334 g/mol. The van der Waals surface area contributed by atoms with E-state index in [1.165, 1.54) is 37.9 Å². The first-order chi connectivity index (χ1) is 13.2. The molecule has 27 heavy (non-hydrogen) atoms. The first-order valence-corrected chi connectivity index (χ1v) is 9.43. The van der Waals surface area contributed by atoms with E-state index in [2.05, 4.69) is 71.6 Å². The maximum atomic E-state index is 9.39. The topological polar surface area (TPSA) is 43.7 Å². The molecule has 2 N–H and O–H groups in total. The fourth-order valence-corrected chi connectivity index (χ4v) is 4.04. The molecule has 0 aliphatic heterocycles. The molecule has 0 aromatic heterocycles. The zero-order valence-electron chi connectivity index (χ0n) is 15.6. The van der Waals surface area contributed by atoms with Crippen LogP contribution in [0.2, 0.25) is 0 Å². The molecule has 0 atom stereocenters. The van der Waals surface area contributed by atoms with Gasteiger partial charge in [-0.15, -0.1) is 0 Å². The highest BCUT2D eigenvalue weighted by molar-refractivity contribution is 6.18. The maximum Gasteiger partial charge on any atom is 0.0493 e. The summed E-state index contributed by atoms with van der Waals surface area (Å²) < 4.78 is 0. The lowest BCUT2D eigenvalue weighted by atomic mass is 9.93. The van der Waals surface area contributed by atoms with E-state index in [0.717, 1.165) is 6.54 Å². The first kappa shape index (κ1) is 17.9. The lowest BCUT2D eigenvalue weighted by Crippen LogP contribution is -2.29. The second kappa shape index (κ2) is 7.65. The number of aliphatic hydroxyl groups excluding tert-OH is 2. The highest BCUT2D eigenvalue weighted by Crippen LogP contribution is 2.34. The molecule has 3 nitrogen and oxygen atoms in total. The average Bonchev–Trinajstić information content (AvgIpc) is 2.72. The zero-order chi connectivity index (χ0) is 18.8. The molecular formula is C24H25NO2. The first-order valence-electron chi connectivity index (χ1n) is 9.43. The van der Waals surface area contributed by atoms with Crippen LogP contribution in [0.25, 0.3) is 32.3 Å². The fourth-order valence-electron chi connectivity index (χ4n) is 4.04. The van der Waals surface area contributed by atoms with Gasteiger partial charge in [0.1, 0.15) is 0 Å². The monoisotopic (exact) mass is 359 g/mol. The quantitative estimate of drug-likeness (QED) is 0.508. The molecule has 0 aliphatic carbocycles. The molecule has 4 rings (SSSR count). The van der Waals surface area contributed by atoms with Gasteiger partial charge in [-0.05, 0) is 51.0 Å². The second-order valence-corrected chi connectivity index (χ2v) is 7.39. The van der Waals surface area contributed by atoms with Gasteiger partial charge in [0.2, 0.25) is 0 Å². The third-order valence-corrected chi connectivity index (χ3v) is 5.38. The molecule has 0 radical (unpaired) electrons. The van der Waals surface area contributed by atoms with Crippen molar-refractivity contribution in [3.8, 4) is 0 Å². The van der Waals surface area contributed by atoms with Crippen LogP contribution >= 0.6 is 0 Å². The number of aliphatic hydroxyl groups is 2. The van der Waals surface area contributed by atoms with Crippen LogP contribution in [0.3, 0.4) is 0 Å². The number of benzene rings is 4. The van der Waals surface area contributed by atoms with Crippen molar-refractivity contribution in [2.24, 2.45) is 5.92 Å². The van der Waals surface area contributed by atoms with Crippen molar-refractivity contribution in [2.45, 2.75) is 6.54 Å². The zero-order valence-corrected chi connectivity index (χ0v) is 15.6. The third kappa shape index (κ3) is 3.42. The largest absolute Gasteiger partial charge is 0.396 e. The molecule has 0 bridgehead atoms. The van der Waals surface area contributed by atoms with Crippen LogP contribution in [-0.4, -0.2) is 41.9 Å². The summed E-state index contributed by atoms with van der Waals surface area (Å²) in [6, 6.07) is 23.8. The van der Waals surface area contributed by atoms with Gasteiger partial charge in [-0.1, -0.05) is 60.7 Å². The third-order valence-electron chi connectivity index (χ3n) is 5.38. The van der Waals surface area contributed by atoms with E-state index in [1.54, 1.807) is 0 Å². The molecule has 0 saturated carbocycles. The van der Waals surface area contributed by atoms with Gasteiger partial charge in [-0.3, -0.25) is 0 Å². The maximum absolute atomic E-state index is 9.39. The smallest absolute Gasteiger partial charge is 0.0493 e. The Balaban J connectivity index is 1.86. The summed E-state index contributed by atoms with van der Waals surface area (Å²) in [7, 11) is 2.04. The molecule has 0 amide bonds. The predicted octanol–water partition coefficient (Wildman–Crippen LogP) is 4.18. The molecule has 0 saturated heterocycles. The SMILES string of the molecule is CN(Cc1cc2c3ccccc3ccc2c2ccccc12)CC(CO)CO. The number of nitrogens with zero attached hydrogens (tertiary/aromatic N) is 1. The van der Waals surface area contributed by atoms with Crippen molar-refractivity contribution < 1.29 is 10.2 Å². The Morgan fingerprint density at radius 3 is 2.11 bits per heavy atom. The lowest BCUT2D eigenvalue weighted by Gasteiger charge is -2.22. The highest BCUT2D eigenvalue weighted by atomic mass is 16.3. The number of fused-ring (bicyclic) bond motifs is 5. The van der Waals surface area contributed by atoms with Gasteiger partial charge in [0.05, 0.1) is 0 Å². The molecule has 0 fully saturated rings. The van der Waals surface area contributed by atoms with E-state index >= 15 is 0 Å². The van der Waals surface area contributed by atoms with E-state index < -0.39 is 0 Å². The Morgan fingerprint density at radius 2 is 1.37 bits per heavy atom. The Kier molecular flexibility index (Phi) is 5.08. The van der Waals surface area contributed by atoms with Crippen molar-refractivity contribution in [3.05, 3.63) is 72.3 Å². The normalized spacial score (nSPS) is 12.0. The molecule has 138 valence electrons. The van der Waals surface area contributed by atoms with Crippen LogP contribution < -0.4 is 0 Å². The summed E-state index contributed by atoms with van der Waals surface area (Å²) in [6.07, 6.45) is 0. The lowest BCUT2D eigenvalue weighted by molar-refractivity contribution is 0.117. The van der Waals surface area contributed by atoms with Gasteiger partial charge in [-0.25, -0.2) is 0 Å². The Morgan fingerprint density at radius 1 is 0.741 bits per heavy atom. The van der Waals surface area contributed by atoms with Gasteiger partial charge in [0.25, 0.3) is 0 Å². The summed E-state index contributed by atoms with van der Waals surface area (Å²) in [5, 5.41) is 26.4. The van der Waals surface area contributed by atoms with Gasteiger partial charge in [-0.2, -0.15) is 0 Å². The van der Waals surface area contributed by atoms with Crippen molar-refractivity contribution in [3.63, 3.8) is 0 Å². The molecule has 3 heteroatoms. The molecule has 4 aromatic carbocycles. The van der Waals surface area contributed by atoms with E-state index in [9.17, 15) is 10.2 Å². The van der Waals surface area contributed by atoms with Crippen LogP contribution in [0.5, 0.6) is 0 Å². The Hall–Kier alpha value is -2.46. The van der Waals surface area contributed by atoms with Crippen molar-refractivity contribution in [2.75, 3.05) is 26.8 Å². The molecule has 0 unspecified atom stereocenters. The fraction of sp³-hybridized carbons (Fsp3) is 0.250. The minimum absolute atomic E-state index is 0.00391. The van der Waals surface area contributed by atoms with Gasteiger partial charge in [0, 0.05) is 32.2 Å².